The van der Waals surface area contributed by atoms with Gasteiger partial charge in [0, 0.05) is 23.4 Å². The summed E-state index contributed by atoms with van der Waals surface area (Å²) >= 11 is 0. The molecular formula is C27H29N7O3S. The molecule has 3 heterocycles. The van der Waals surface area contributed by atoms with E-state index in [1.54, 1.807) is 29.4 Å². The lowest BCUT2D eigenvalue weighted by atomic mass is 9.92. The van der Waals surface area contributed by atoms with Crippen molar-refractivity contribution in [3.63, 3.8) is 0 Å². The summed E-state index contributed by atoms with van der Waals surface area (Å²) in [5, 5.41) is 11.3. The van der Waals surface area contributed by atoms with Gasteiger partial charge in [0.25, 0.3) is 5.91 Å². The number of aromatic amines is 1. The molecule has 38 heavy (non-hydrogen) atoms. The molecule has 1 aliphatic carbocycles. The molecule has 1 atom stereocenters. The highest BCUT2D eigenvalue weighted by Crippen LogP contribution is 2.43. The summed E-state index contributed by atoms with van der Waals surface area (Å²) in [5.74, 6) is 0.942. The smallest absolute Gasteiger partial charge is 0.254 e. The maximum atomic E-state index is 13.8. The van der Waals surface area contributed by atoms with Gasteiger partial charge in [-0.2, -0.15) is 10.1 Å². The Kier molecular flexibility index (Phi) is 6.02. The van der Waals surface area contributed by atoms with Crippen molar-refractivity contribution in [1.82, 2.24) is 20.2 Å². The van der Waals surface area contributed by atoms with Gasteiger partial charge >= 0.3 is 0 Å². The summed E-state index contributed by atoms with van der Waals surface area (Å²) in [7, 11) is -3.45. The fourth-order valence-electron chi connectivity index (χ4n) is 5.50. The molecule has 2 aromatic heterocycles. The maximum absolute atomic E-state index is 13.8. The molecular weight excluding hydrogens is 502 g/mol. The van der Waals surface area contributed by atoms with E-state index in [9.17, 15) is 13.2 Å². The van der Waals surface area contributed by atoms with E-state index < -0.39 is 15.9 Å². The Morgan fingerprint density at radius 3 is 2.66 bits per heavy atom. The third-order valence-electron chi connectivity index (χ3n) is 7.40. The molecule has 11 heteroatoms. The average Bonchev–Trinajstić information content (AvgIpc) is 3.38. The Balaban J connectivity index is 1.45. The van der Waals surface area contributed by atoms with Crippen molar-refractivity contribution in [2.45, 2.75) is 56.0 Å². The molecule has 0 saturated heterocycles. The number of anilines is 5. The molecule has 6 rings (SSSR count). The number of hydrogen-bond donors (Lipinski definition) is 2. The van der Waals surface area contributed by atoms with Crippen LogP contribution in [0.25, 0.3) is 10.9 Å². The van der Waals surface area contributed by atoms with Crippen molar-refractivity contribution >= 4 is 55.5 Å². The van der Waals surface area contributed by atoms with Gasteiger partial charge in [0.1, 0.15) is 11.7 Å². The van der Waals surface area contributed by atoms with Crippen LogP contribution in [0.5, 0.6) is 0 Å². The lowest BCUT2D eigenvalue weighted by Crippen LogP contribution is -2.55. The van der Waals surface area contributed by atoms with E-state index in [0.717, 1.165) is 48.5 Å². The number of nitrogens with zero attached hydrogens (tertiary/aromatic N) is 5. The zero-order chi connectivity index (χ0) is 26.4. The third kappa shape index (κ3) is 4.36. The maximum Gasteiger partial charge on any atom is 0.254 e. The van der Waals surface area contributed by atoms with Gasteiger partial charge in [0.05, 0.1) is 28.5 Å². The van der Waals surface area contributed by atoms with Gasteiger partial charge in [-0.1, -0.05) is 25.3 Å². The number of rotatable bonds is 5. The molecule has 2 N–H and O–H groups in total. The second-order valence-electron chi connectivity index (χ2n) is 10.0. The van der Waals surface area contributed by atoms with Crippen molar-refractivity contribution in [2.24, 2.45) is 0 Å². The van der Waals surface area contributed by atoms with Crippen molar-refractivity contribution in [1.29, 1.82) is 0 Å². The molecule has 1 saturated carbocycles. The van der Waals surface area contributed by atoms with Gasteiger partial charge in [-0.05, 0) is 56.2 Å². The first kappa shape index (κ1) is 24.4. The van der Waals surface area contributed by atoms with Crippen LogP contribution < -0.4 is 15.1 Å². The number of carbonyl (C=O) groups excluding carboxylic acids is 1. The van der Waals surface area contributed by atoms with Gasteiger partial charge in [-0.25, -0.2) is 13.4 Å². The topological polar surface area (TPSA) is 124 Å². The largest absolute Gasteiger partial charge is 0.340 e. The molecule has 1 aliphatic heterocycles. The van der Waals surface area contributed by atoms with Crippen LogP contribution in [0.4, 0.5) is 28.8 Å². The third-order valence-corrected chi connectivity index (χ3v) is 8.51. The minimum Gasteiger partial charge on any atom is -0.340 e. The predicted octanol–water partition coefficient (Wildman–Crippen LogP) is 4.71. The molecule has 10 nitrogen and oxygen atoms in total. The number of aromatic nitrogens is 4. The van der Waals surface area contributed by atoms with Crippen LogP contribution >= 0.6 is 0 Å². The molecule has 0 spiro atoms. The summed E-state index contributed by atoms with van der Waals surface area (Å²) in [4.78, 5) is 27.2. The van der Waals surface area contributed by atoms with Gasteiger partial charge in [0.2, 0.25) is 5.95 Å². The Morgan fingerprint density at radius 1 is 1.05 bits per heavy atom. The number of amides is 1. The zero-order valence-corrected chi connectivity index (χ0v) is 22.1. The number of nitrogens with one attached hydrogen (secondary N) is 2. The van der Waals surface area contributed by atoms with E-state index in [1.807, 2.05) is 25.1 Å². The highest BCUT2D eigenvalue weighted by molar-refractivity contribution is 7.90. The quantitative estimate of drug-likeness (QED) is 0.380. The Labute approximate surface area is 221 Å². The Hall–Kier alpha value is -3.99. The SMILES string of the molecule is C[C@@H]1C(=O)N(c2cccc(S(C)(=O)=O)c2)c2cnc(Nc3ccc4[nH]ncc4c3)nc2N1C1CCCCC1. The molecule has 0 bridgehead atoms. The molecule has 0 radical (unpaired) electrons. The molecule has 1 fully saturated rings. The summed E-state index contributed by atoms with van der Waals surface area (Å²) < 4.78 is 24.5. The van der Waals surface area contributed by atoms with Crippen LogP contribution in [-0.4, -0.2) is 52.8 Å². The monoisotopic (exact) mass is 531 g/mol. The summed E-state index contributed by atoms with van der Waals surface area (Å²) in [6.07, 6.45) is 9.96. The first-order valence-electron chi connectivity index (χ1n) is 12.8. The summed E-state index contributed by atoms with van der Waals surface area (Å²) in [6.45, 7) is 1.90. The standard InChI is InChI=1S/C27H29N7O3S/c1-17-26(35)34(21-9-6-10-22(14-21)38(2,36)37)24-16-28-27(30-19-11-12-23-18(13-19)15-29-32-23)31-25(24)33(17)20-7-4-3-5-8-20/h6,9-17,20H,3-5,7-8H2,1-2H3,(H,29,32)(H,28,30,31)/t17-/m1/s1. The first-order chi connectivity index (χ1) is 18.3. The van der Waals surface area contributed by atoms with Crippen molar-refractivity contribution < 1.29 is 13.2 Å². The lowest BCUT2D eigenvalue weighted by molar-refractivity contribution is -0.119. The van der Waals surface area contributed by atoms with Gasteiger partial charge in [-0.3, -0.25) is 14.8 Å². The van der Waals surface area contributed by atoms with Crippen LogP contribution in [0.2, 0.25) is 0 Å². The fourth-order valence-corrected chi connectivity index (χ4v) is 6.16. The molecule has 2 aromatic carbocycles. The second-order valence-corrected chi connectivity index (χ2v) is 12.0. The first-order valence-corrected chi connectivity index (χ1v) is 14.7. The van der Waals surface area contributed by atoms with Gasteiger partial charge in [0.15, 0.2) is 15.7 Å². The van der Waals surface area contributed by atoms with Crippen molar-refractivity contribution in [3.8, 4) is 0 Å². The number of sulfone groups is 1. The van der Waals surface area contributed by atoms with Crippen LogP contribution in [0.1, 0.15) is 39.0 Å². The van der Waals surface area contributed by atoms with E-state index in [1.165, 1.54) is 18.6 Å². The van der Waals surface area contributed by atoms with E-state index in [2.05, 4.69) is 25.4 Å². The van der Waals surface area contributed by atoms with Crippen LogP contribution in [0, 0.1) is 0 Å². The number of fused-ring (bicyclic) bond motifs is 2. The molecule has 1 amide bonds. The fraction of sp³-hybridized carbons (Fsp3) is 0.333. The van der Waals surface area contributed by atoms with E-state index in [4.69, 9.17) is 4.98 Å². The van der Waals surface area contributed by atoms with Crippen LogP contribution in [0.15, 0.2) is 59.8 Å². The van der Waals surface area contributed by atoms with E-state index in [-0.39, 0.29) is 16.8 Å². The minimum absolute atomic E-state index is 0.136. The number of hydrogen-bond acceptors (Lipinski definition) is 8. The van der Waals surface area contributed by atoms with E-state index in [0.29, 0.717) is 23.1 Å². The second kappa shape index (κ2) is 9.39. The van der Waals surface area contributed by atoms with Crippen LogP contribution in [0.3, 0.4) is 0 Å². The van der Waals surface area contributed by atoms with Gasteiger partial charge < -0.3 is 10.2 Å². The molecule has 4 aromatic rings. The number of benzene rings is 2. The van der Waals surface area contributed by atoms with Crippen molar-refractivity contribution in [3.05, 3.63) is 54.9 Å². The summed E-state index contributed by atoms with van der Waals surface area (Å²) in [5.41, 5.74) is 2.77. The minimum atomic E-state index is -3.45. The Bertz CT molecular complexity index is 1630. The number of carbonyl (C=O) groups is 1. The van der Waals surface area contributed by atoms with Crippen LogP contribution in [-0.2, 0) is 14.6 Å². The van der Waals surface area contributed by atoms with Crippen molar-refractivity contribution in [2.75, 3.05) is 21.4 Å². The van der Waals surface area contributed by atoms with E-state index >= 15 is 0 Å². The normalized spacial score (nSPS) is 18.6. The van der Waals surface area contributed by atoms with Gasteiger partial charge in [-0.15, -0.1) is 0 Å². The summed E-state index contributed by atoms with van der Waals surface area (Å²) in [6, 6.07) is 12.0. The Morgan fingerprint density at radius 2 is 1.87 bits per heavy atom. The predicted molar refractivity (Wildman–Crippen MR) is 147 cm³/mol. The molecule has 196 valence electrons. The molecule has 0 unspecified atom stereocenters. The number of H-pyrrole nitrogens is 1. The molecule has 2 aliphatic rings. The zero-order valence-electron chi connectivity index (χ0n) is 21.3. The lowest BCUT2D eigenvalue weighted by Gasteiger charge is -2.45. The highest BCUT2D eigenvalue weighted by atomic mass is 32.2. The average molecular weight is 532 g/mol. The highest BCUT2D eigenvalue weighted by Gasteiger charge is 2.41.